The van der Waals surface area contributed by atoms with E-state index in [-0.39, 0.29) is 0 Å². The van der Waals surface area contributed by atoms with E-state index in [0.717, 1.165) is 10.4 Å². The molecule has 0 fully saturated rings. The maximum Gasteiger partial charge on any atom is 0.442 e. The molecule has 0 aliphatic heterocycles. The lowest BCUT2D eigenvalue weighted by Gasteiger charge is -2.02. The molecule has 0 amide bonds. The van der Waals surface area contributed by atoms with Crippen LogP contribution in [0.1, 0.15) is 4.88 Å². The molecule has 3 heterocycles. The summed E-state index contributed by atoms with van der Waals surface area (Å²) in [5, 5.41) is 3.80. The third-order valence-electron chi connectivity index (χ3n) is 2.55. The fraction of sp³-hybridized carbons (Fsp3) is 0.0833. The first-order valence-corrected chi connectivity index (χ1v) is 6.64. The lowest BCUT2D eigenvalue weighted by molar-refractivity contribution is 0.378. The number of hydrogen-bond donors (Lipinski definition) is 0. The number of thiophene rings is 1. The van der Waals surface area contributed by atoms with Crippen LogP contribution in [0.4, 0.5) is 0 Å². The largest absolute Gasteiger partial charge is 0.442 e. The van der Waals surface area contributed by atoms with Gasteiger partial charge < -0.3 is 0 Å². The van der Waals surface area contributed by atoms with Crippen LogP contribution in [0.25, 0.3) is 11.4 Å². The summed E-state index contributed by atoms with van der Waals surface area (Å²) in [6, 6.07) is 7.27. The van der Waals surface area contributed by atoms with Gasteiger partial charge in [0.2, 0.25) is 0 Å². The van der Waals surface area contributed by atoms with E-state index >= 15 is 0 Å². The van der Waals surface area contributed by atoms with E-state index in [4.69, 9.17) is 16.1 Å². The fourth-order valence-electron chi connectivity index (χ4n) is 1.70. The molecule has 0 spiro atoms. The van der Waals surface area contributed by atoms with Crippen LogP contribution in [0.3, 0.4) is 0 Å². The summed E-state index contributed by atoms with van der Waals surface area (Å²) in [5.41, 5.74) is 0.732. The number of nitrogens with zero attached hydrogens (tertiary/aromatic N) is 3. The molecule has 0 radical (unpaired) electrons. The first-order chi connectivity index (χ1) is 9.24. The summed E-state index contributed by atoms with van der Waals surface area (Å²) >= 11 is 7.30. The van der Waals surface area contributed by atoms with Crippen molar-refractivity contribution in [3.8, 4) is 11.4 Å². The molecule has 3 aromatic heterocycles. The smallest absolute Gasteiger partial charge is 0.295 e. The normalized spacial score (nSPS) is 10.8. The average Bonchev–Trinajstić information content (AvgIpc) is 2.99. The van der Waals surface area contributed by atoms with Crippen LogP contribution in [0.5, 0.6) is 0 Å². The Hall–Kier alpha value is -1.92. The highest BCUT2D eigenvalue weighted by Gasteiger charge is 2.13. The van der Waals surface area contributed by atoms with E-state index in [2.05, 4.69) is 10.1 Å². The highest BCUT2D eigenvalue weighted by Crippen LogP contribution is 2.23. The molecular weight excluding hydrogens is 286 g/mol. The van der Waals surface area contributed by atoms with Crippen molar-refractivity contribution in [2.45, 2.75) is 6.54 Å². The van der Waals surface area contributed by atoms with Crippen molar-refractivity contribution in [1.29, 1.82) is 0 Å². The van der Waals surface area contributed by atoms with Gasteiger partial charge in [0, 0.05) is 22.8 Å². The Balaban J connectivity index is 2.02. The molecule has 0 aliphatic rings. The molecule has 0 saturated carbocycles. The molecule has 0 atom stereocenters. The topological polar surface area (TPSA) is 60.9 Å². The summed E-state index contributed by atoms with van der Waals surface area (Å²) < 4.78 is 6.87. The zero-order chi connectivity index (χ0) is 13.2. The lowest BCUT2D eigenvalue weighted by Crippen LogP contribution is -2.15. The molecular formula is C12H8ClN3O2S. The molecule has 3 aromatic rings. The number of rotatable bonds is 3. The summed E-state index contributed by atoms with van der Waals surface area (Å²) in [5.74, 6) is -0.0361. The minimum Gasteiger partial charge on any atom is -0.295 e. The molecule has 3 rings (SSSR count). The Morgan fingerprint density at radius 3 is 2.95 bits per heavy atom. The maximum absolute atomic E-state index is 11.7. The van der Waals surface area contributed by atoms with Crippen LogP contribution in [-0.4, -0.2) is 14.7 Å². The number of halogens is 1. The van der Waals surface area contributed by atoms with Gasteiger partial charge in [-0.1, -0.05) is 16.8 Å². The molecule has 0 aliphatic carbocycles. The van der Waals surface area contributed by atoms with E-state index in [1.165, 1.54) is 15.9 Å². The summed E-state index contributed by atoms with van der Waals surface area (Å²) in [7, 11) is 0. The predicted octanol–water partition coefficient (Wildman–Crippen LogP) is 2.66. The molecule has 0 aromatic carbocycles. The third-order valence-corrected chi connectivity index (χ3v) is 3.76. The van der Waals surface area contributed by atoms with Gasteiger partial charge in [-0.15, -0.1) is 11.3 Å². The van der Waals surface area contributed by atoms with Crippen molar-refractivity contribution in [2.24, 2.45) is 0 Å². The van der Waals surface area contributed by atoms with Gasteiger partial charge in [-0.05, 0) is 24.3 Å². The lowest BCUT2D eigenvalue weighted by atomic mass is 10.2. The Morgan fingerprint density at radius 2 is 2.26 bits per heavy atom. The van der Waals surface area contributed by atoms with Gasteiger partial charge in [0.25, 0.3) is 0 Å². The van der Waals surface area contributed by atoms with Gasteiger partial charge >= 0.3 is 5.76 Å². The van der Waals surface area contributed by atoms with Crippen molar-refractivity contribution < 1.29 is 4.52 Å². The fourth-order valence-corrected chi connectivity index (χ4v) is 2.78. The summed E-state index contributed by atoms with van der Waals surface area (Å²) in [6.07, 6.45) is 3.29. The van der Waals surface area contributed by atoms with Crippen molar-refractivity contribution >= 4 is 22.9 Å². The van der Waals surface area contributed by atoms with Crippen molar-refractivity contribution in [3.05, 3.63) is 56.4 Å². The monoisotopic (exact) mass is 293 g/mol. The van der Waals surface area contributed by atoms with E-state index in [1.54, 1.807) is 24.5 Å². The highest BCUT2D eigenvalue weighted by atomic mass is 35.5. The van der Waals surface area contributed by atoms with Crippen LogP contribution in [0.2, 0.25) is 4.34 Å². The second-order valence-corrected chi connectivity index (χ2v) is 5.61. The average molecular weight is 294 g/mol. The minimum atomic E-state index is -0.497. The molecule has 0 saturated heterocycles. The molecule has 19 heavy (non-hydrogen) atoms. The van der Waals surface area contributed by atoms with Gasteiger partial charge in [-0.2, -0.15) is 0 Å². The predicted molar refractivity (Wildman–Crippen MR) is 72.4 cm³/mol. The van der Waals surface area contributed by atoms with Crippen molar-refractivity contribution in [1.82, 2.24) is 14.7 Å². The Bertz CT molecular complexity index is 748. The minimum absolute atomic E-state index is 0.379. The Kier molecular flexibility index (Phi) is 3.18. The second-order valence-electron chi connectivity index (χ2n) is 3.81. The molecule has 96 valence electrons. The van der Waals surface area contributed by atoms with Crippen LogP contribution in [0.15, 0.2) is 46.0 Å². The maximum atomic E-state index is 11.7. The molecule has 7 heteroatoms. The van der Waals surface area contributed by atoms with Crippen molar-refractivity contribution in [3.63, 3.8) is 0 Å². The first kappa shape index (κ1) is 12.1. The zero-order valence-corrected chi connectivity index (χ0v) is 11.2. The van der Waals surface area contributed by atoms with Gasteiger partial charge in [-0.3, -0.25) is 14.1 Å². The molecule has 0 bridgehead atoms. The molecule has 5 nitrogen and oxygen atoms in total. The van der Waals surface area contributed by atoms with E-state index in [1.807, 2.05) is 12.1 Å². The van der Waals surface area contributed by atoms with E-state index < -0.39 is 5.76 Å². The third kappa shape index (κ3) is 2.45. The highest BCUT2D eigenvalue weighted by molar-refractivity contribution is 7.16. The van der Waals surface area contributed by atoms with Crippen molar-refractivity contribution in [2.75, 3.05) is 0 Å². The number of hydrogen-bond acceptors (Lipinski definition) is 5. The van der Waals surface area contributed by atoms with E-state index in [9.17, 15) is 4.79 Å². The van der Waals surface area contributed by atoms with Gasteiger partial charge in [0.1, 0.15) is 0 Å². The first-order valence-electron chi connectivity index (χ1n) is 5.45. The SMILES string of the molecule is O=c1onc(-c2cccnc2)n1Cc1ccc(Cl)s1. The van der Waals surface area contributed by atoms with Crippen LogP contribution >= 0.6 is 22.9 Å². The van der Waals surface area contributed by atoms with Gasteiger partial charge in [-0.25, -0.2) is 4.79 Å². The number of aromatic nitrogens is 3. The standard InChI is InChI=1S/C12H8ClN3O2S/c13-10-4-3-9(19-10)7-16-11(15-18-12(16)17)8-2-1-5-14-6-8/h1-6H,7H2. The summed E-state index contributed by atoms with van der Waals surface area (Å²) in [6.45, 7) is 0.379. The van der Waals surface area contributed by atoms with E-state index in [0.29, 0.717) is 16.7 Å². The molecule has 0 N–H and O–H groups in total. The summed E-state index contributed by atoms with van der Waals surface area (Å²) in [4.78, 5) is 16.7. The zero-order valence-electron chi connectivity index (χ0n) is 9.62. The Labute approximate surface area is 117 Å². The number of pyridine rings is 1. The van der Waals surface area contributed by atoms with Crippen LogP contribution in [-0.2, 0) is 6.54 Å². The quantitative estimate of drug-likeness (QED) is 0.745. The Morgan fingerprint density at radius 1 is 1.37 bits per heavy atom. The molecule has 0 unspecified atom stereocenters. The van der Waals surface area contributed by atoms with Gasteiger partial charge in [0.05, 0.1) is 10.9 Å². The van der Waals surface area contributed by atoms with Crippen LogP contribution in [0, 0.1) is 0 Å². The van der Waals surface area contributed by atoms with Crippen LogP contribution < -0.4 is 5.76 Å². The van der Waals surface area contributed by atoms with Gasteiger partial charge in [0.15, 0.2) is 5.82 Å². The second kappa shape index (κ2) is 4.99.